The van der Waals surface area contributed by atoms with Gasteiger partial charge in [-0.25, -0.2) is 4.39 Å². The second-order valence-electron chi connectivity index (χ2n) is 6.26. The van der Waals surface area contributed by atoms with Crippen LogP contribution in [0.15, 0.2) is 60.7 Å². The van der Waals surface area contributed by atoms with E-state index in [0.717, 1.165) is 11.1 Å². The van der Waals surface area contributed by atoms with Gasteiger partial charge in [-0.3, -0.25) is 0 Å². The molecule has 1 aliphatic carbocycles. The molecule has 0 amide bonds. The predicted octanol–water partition coefficient (Wildman–Crippen LogP) is 3.37. The molecule has 0 radical (unpaired) electrons. The van der Waals surface area contributed by atoms with Gasteiger partial charge in [-0.2, -0.15) is 0 Å². The van der Waals surface area contributed by atoms with Crippen molar-refractivity contribution in [3.05, 3.63) is 71.8 Å². The summed E-state index contributed by atoms with van der Waals surface area (Å²) in [5.41, 5.74) is 2.13. The van der Waals surface area contributed by atoms with Crippen LogP contribution in [0.25, 0.3) is 0 Å². The maximum absolute atomic E-state index is 13.9. The first-order valence-corrected chi connectivity index (χ1v) is 8.31. The Morgan fingerprint density at radius 2 is 1.21 bits per heavy atom. The minimum Gasteiger partial charge on any atom is -0.390 e. The van der Waals surface area contributed by atoms with Gasteiger partial charge in [0.25, 0.3) is 0 Å². The fourth-order valence-corrected chi connectivity index (χ4v) is 3.05. The number of aliphatic hydroxyl groups excluding tert-OH is 1. The largest absolute Gasteiger partial charge is 0.390 e. The molecule has 2 aromatic carbocycles. The van der Waals surface area contributed by atoms with Gasteiger partial charge in [-0.1, -0.05) is 60.7 Å². The number of ether oxygens (including phenoxy) is 2. The van der Waals surface area contributed by atoms with E-state index >= 15 is 0 Å². The first kappa shape index (κ1) is 17.1. The van der Waals surface area contributed by atoms with Crippen molar-refractivity contribution in [2.24, 2.45) is 11.8 Å². The Bertz CT molecular complexity index is 549. The van der Waals surface area contributed by atoms with Gasteiger partial charge in [-0.05, 0) is 11.1 Å². The van der Waals surface area contributed by atoms with E-state index < -0.39 is 12.3 Å². The van der Waals surface area contributed by atoms with Gasteiger partial charge >= 0.3 is 0 Å². The monoisotopic (exact) mass is 330 g/mol. The Kier molecular flexibility index (Phi) is 5.96. The fraction of sp³-hybridized carbons (Fsp3) is 0.400. The van der Waals surface area contributed by atoms with Crippen molar-refractivity contribution < 1.29 is 19.0 Å². The highest BCUT2D eigenvalue weighted by Crippen LogP contribution is 2.38. The predicted molar refractivity (Wildman–Crippen MR) is 90.1 cm³/mol. The lowest BCUT2D eigenvalue weighted by Gasteiger charge is -2.44. The van der Waals surface area contributed by atoms with Crippen LogP contribution in [0.5, 0.6) is 0 Å². The highest BCUT2D eigenvalue weighted by atomic mass is 19.1. The van der Waals surface area contributed by atoms with E-state index in [1.807, 2.05) is 60.7 Å². The molecule has 0 saturated heterocycles. The van der Waals surface area contributed by atoms with Crippen LogP contribution < -0.4 is 0 Å². The van der Waals surface area contributed by atoms with Gasteiger partial charge in [0, 0.05) is 11.8 Å². The molecule has 1 N–H and O–H groups in total. The number of aliphatic hydroxyl groups is 1. The van der Waals surface area contributed by atoms with Crippen molar-refractivity contribution in [1.82, 2.24) is 0 Å². The summed E-state index contributed by atoms with van der Waals surface area (Å²) in [5, 5.41) is 9.85. The van der Waals surface area contributed by atoms with Gasteiger partial charge in [0.15, 0.2) is 0 Å². The first-order valence-electron chi connectivity index (χ1n) is 8.31. The van der Waals surface area contributed by atoms with Crippen molar-refractivity contribution in [1.29, 1.82) is 0 Å². The zero-order valence-corrected chi connectivity index (χ0v) is 13.6. The fourth-order valence-electron chi connectivity index (χ4n) is 3.05. The van der Waals surface area contributed by atoms with Gasteiger partial charge in [-0.15, -0.1) is 0 Å². The third kappa shape index (κ3) is 4.20. The maximum Gasteiger partial charge on any atom is 0.132 e. The third-order valence-electron chi connectivity index (χ3n) is 4.57. The summed E-state index contributed by atoms with van der Waals surface area (Å²) in [5.74, 6) is -0.515. The van der Waals surface area contributed by atoms with Crippen molar-refractivity contribution >= 4 is 0 Å². The van der Waals surface area contributed by atoms with E-state index in [0.29, 0.717) is 26.4 Å². The Morgan fingerprint density at radius 1 is 0.750 bits per heavy atom. The summed E-state index contributed by atoms with van der Waals surface area (Å²) in [6, 6.07) is 19.6. The standard InChI is InChI=1S/C20H23FO3/c21-19-17(13-23-11-15-7-3-1-4-8-15)18(20(19)22)14-24-12-16-9-5-2-6-10-16/h1-10,17-20,22H,11-14H2/t17?,18?,19?,20-/m0/s1. The van der Waals surface area contributed by atoms with E-state index in [9.17, 15) is 9.50 Å². The third-order valence-corrected chi connectivity index (χ3v) is 4.57. The SMILES string of the molecule is O[C@@H]1C(F)C(COCc2ccccc2)C1COCc1ccccc1. The van der Waals surface area contributed by atoms with Crippen molar-refractivity contribution in [3.8, 4) is 0 Å². The van der Waals surface area contributed by atoms with Crippen LogP contribution in [0.4, 0.5) is 4.39 Å². The smallest absolute Gasteiger partial charge is 0.132 e. The highest BCUT2D eigenvalue weighted by Gasteiger charge is 2.50. The van der Waals surface area contributed by atoms with Gasteiger partial charge < -0.3 is 14.6 Å². The summed E-state index contributed by atoms with van der Waals surface area (Å²) in [6.07, 6.45) is -2.18. The average molecular weight is 330 g/mol. The summed E-state index contributed by atoms with van der Waals surface area (Å²) >= 11 is 0. The lowest BCUT2D eigenvalue weighted by atomic mass is 9.70. The quantitative estimate of drug-likeness (QED) is 0.806. The van der Waals surface area contributed by atoms with E-state index in [1.165, 1.54) is 0 Å². The summed E-state index contributed by atoms with van der Waals surface area (Å²) in [4.78, 5) is 0. The minimum atomic E-state index is -1.23. The van der Waals surface area contributed by atoms with E-state index in [4.69, 9.17) is 9.47 Å². The molecule has 0 bridgehead atoms. The molecule has 0 spiro atoms. The summed E-state index contributed by atoms with van der Waals surface area (Å²) in [7, 11) is 0. The molecule has 2 aromatic rings. The van der Waals surface area contributed by atoms with E-state index in [-0.39, 0.29) is 11.8 Å². The molecule has 24 heavy (non-hydrogen) atoms. The molecule has 1 fully saturated rings. The second-order valence-corrected chi connectivity index (χ2v) is 6.26. The molecule has 128 valence electrons. The number of hydrogen-bond acceptors (Lipinski definition) is 3. The van der Waals surface area contributed by atoms with Crippen molar-refractivity contribution in [2.75, 3.05) is 13.2 Å². The Balaban J connectivity index is 1.42. The number of benzene rings is 2. The molecule has 4 heteroatoms. The average Bonchev–Trinajstić information content (AvgIpc) is 2.64. The summed E-state index contributed by atoms with van der Waals surface area (Å²) < 4.78 is 25.2. The molecule has 1 saturated carbocycles. The van der Waals surface area contributed by atoms with Crippen LogP contribution in [-0.4, -0.2) is 30.6 Å². The van der Waals surface area contributed by atoms with Gasteiger partial charge in [0.2, 0.25) is 0 Å². The van der Waals surface area contributed by atoms with Crippen molar-refractivity contribution in [2.45, 2.75) is 25.5 Å². The molecule has 3 rings (SSSR count). The van der Waals surface area contributed by atoms with Crippen LogP contribution in [0.3, 0.4) is 0 Å². The topological polar surface area (TPSA) is 38.7 Å². The van der Waals surface area contributed by atoms with Crippen LogP contribution in [0.2, 0.25) is 0 Å². The molecule has 0 aliphatic heterocycles. The Hall–Kier alpha value is -1.75. The zero-order valence-electron chi connectivity index (χ0n) is 13.6. The van der Waals surface area contributed by atoms with Crippen molar-refractivity contribution in [3.63, 3.8) is 0 Å². The van der Waals surface area contributed by atoms with E-state index in [2.05, 4.69) is 0 Å². The number of hydrogen-bond donors (Lipinski definition) is 1. The summed E-state index contributed by atoms with van der Waals surface area (Å²) in [6.45, 7) is 1.57. The molecule has 3 unspecified atom stereocenters. The molecule has 1 aliphatic rings. The minimum absolute atomic E-state index is 0.209. The second kappa shape index (κ2) is 8.38. The van der Waals surface area contributed by atoms with Crippen LogP contribution in [0.1, 0.15) is 11.1 Å². The first-order chi connectivity index (χ1) is 11.8. The van der Waals surface area contributed by atoms with Crippen LogP contribution in [0, 0.1) is 11.8 Å². The normalized spacial score (nSPS) is 26.1. The van der Waals surface area contributed by atoms with Gasteiger partial charge in [0.05, 0.1) is 32.5 Å². The number of rotatable bonds is 8. The maximum atomic E-state index is 13.9. The van der Waals surface area contributed by atoms with Crippen LogP contribution in [-0.2, 0) is 22.7 Å². The van der Waals surface area contributed by atoms with E-state index in [1.54, 1.807) is 0 Å². The lowest BCUT2D eigenvalue weighted by Crippen LogP contribution is -2.56. The highest BCUT2D eigenvalue weighted by molar-refractivity contribution is 5.14. The molecule has 0 aromatic heterocycles. The Labute approximate surface area is 142 Å². The molecular weight excluding hydrogens is 307 g/mol. The molecule has 0 heterocycles. The molecular formula is C20H23FO3. The Morgan fingerprint density at radius 3 is 1.71 bits per heavy atom. The zero-order chi connectivity index (χ0) is 16.8. The number of halogens is 1. The molecule has 4 atom stereocenters. The lowest BCUT2D eigenvalue weighted by molar-refractivity contribution is -0.163. The van der Waals surface area contributed by atoms with Gasteiger partial charge in [0.1, 0.15) is 6.17 Å². The van der Waals surface area contributed by atoms with Crippen LogP contribution >= 0.6 is 0 Å². The molecule has 3 nitrogen and oxygen atoms in total. The number of alkyl halides is 1.